The van der Waals surface area contributed by atoms with Gasteiger partial charge in [0.1, 0.15) is 0 Å². The van der Waals surface area contributed by atoms with Gasteiger partial charge in [0.25, 0.3) is 0 Å². The summed E-state index contributed by atoms with van der Waals surface area (Å²) in [7, 11) is 0. The van der Waals surface area contributed by atoms with E-state index in [9.17, 15) is 0 Å². The highest BCUT2D eigenvalue weighted by molar-refractivity contribution is 6.24. The van der Waals surface area contributed by atoms with E-state index in [-0.39, 0.29) is 0 Å². The largest absolute Gasteiger partial charge is 0.254 e. The molecule has 2 aromatic heterocycles. The molecule has 11 aromatic rings. The summed E-state index contributed by atoms with van der Waals surface area (Å²) < 4.78 is 0. The van der Waals surface area contributed by atoms with Crippen LogP contribution < -0.4 is 0 Å². The Balaban J connectivity index is 1.12. The highest BCUT2D eigenvalue weighted by Gasteiger charge is 2.19. The van der Waals surface area contributed by atoms with Crippen molar-refractivity contribution in [1.29, 1.82) is 0 Å². The predicted octanol–water partition coefficient (Wildman–Crippen LogP) is 14.1. The van der Waals surface area contributed by atoms with E-state index in [0.717, 1.165) is 38.6 Å². The van der Waals surface area contributed by atoms with Crippen LogP contribution in [0.25, 0.3) is 110 Å². The molecular weight excluding hydrogens is 653 g/mol. The van der Waals surface area contributed by atoms with Crippen molar-refractivity contribution < 1.29 is 0 Å². The second-order valence-corrected chi connectivity index (χ2v) is 14.1. The number of hydrogen-bond donors (Lipinski definition) is 0. The number of benzene rings is 9. The van der Waals surface area contributed by atoms with E-state index < -0.39 is 0 Å². The molecule has 0 aliphatic rings. The van der Waals surface area contributed by atoms with E-state index in [1.807, 2.05) is 12.3 Å². The Morgan fingerprint density at radius 3 is 1.74 bits per heavy atom. The molecule has 0 amide bonds. The number of nitrogens with zero attached hydrogens (tertiary/aromatic N) is 2. The second kappa shape index (κ2) is 12.2. The first kappa shape index (κ1) is 30.5. The molecule has 0 N–H and O–H groups in total. The van der Waals surface area contributed by atoms with Crippen molar-refractivity contribution in [2.24, 2.45) is 0 Å². The minimum atomic E-state index is 0.930. The lowest BCUT2D eigenvalue weighted by atomic mass is 9.83. The standard InChI is InChI=1S/C52H32N2/c1-2-11-39-31-41(25-20-33(39)9-1)49-44-15-5-6-16-45(44)50(43-17-7-12-35-10-3-4-14-42(35)43)46-28-26-40(32-47(46)49)34-18-21-36(22-19-34)48-29-27-38-24-23-37-13-8-30-53-51(37)52(38)54-48/h1-32H. The van der Waals surface area contributed by atoms with Crippen LogP contribution in [0, 0.1) is 0 Å². The van der Waals surface area contributed by atoms with Crippen LogP contribution in [0.15, 0.2) is 194 Å². The first-order chi connectivity index (χ1) is 26.8. The van der Waals surface area contributed by atoms with Gasteiger partial charge in [-0.3, -0.25) is 4.98 Å². The van der Waals surface area contributed by atoms with Crippen molar-refractivity contribution in [2.45, 2.75) is 0 Å². The van der Waals surface area contributed by atoms with Crippen LogP contribution >= 0.6 is 0 Å². The van der Waals surface area contributed by atoms with E-state index in [1.165, 1.54) is 70.9 Å². The average molecular weight is 685 g/mol. The van der Waals surface area contributed by atoms with E-state index in [2.05, 4.69) is 187 Å². The van der Waals surface area contributed by atoms with Gasteiger partial charge < -0.3 is 0 Å². The molecule has 2 heterocycles. The summed E-state index contributed by atoms with van der Waals surface area (Å²) in [5.74, 6) is 0. The maximum atomic E-state index is 5.11. The lowest BCUT2D eigenvalue weighted by Gasteiger charge is -2.20. The van der Waals surface area contributed by atoms with Gasteiger partial charge >= 0.3 is 0 Å². The third-order valence-corrected chi connectivity index (χ3v) is 11.1. The van der Waals surface area contributed by atoms with Gasteiger partial charge in [-0.05, 0) is 101 Å². The summed E-state index contributed by atoms with van der Waals surface area (Å²) >= 11 is 0. The molecule has 0 spiro atoms. The van der Waals surface area contributed by atoms with Crippen molar-refractivity contribution >= 4 is 64.9 Å². The van der Waals surface area contributed by atoms with Gasteiger partial charge in [-0.15, -0.1) is 0 Å². The zero-order valence-corrected chi connectivity index (χ0v) is 29.4. The molecule has 0 unspecified atom stereocenters. The van der Waals surface area contributed by atoms with Crippen molar-refractivity contribution in [2.75, 3.05) is 0 Å². The van der Waals surface area contributed by atoms with Crippen molar-refractivity contribution in [3.8, 4) is 44.6 Å². The fourth-order valence-corrected chi connectivity index (χ4v) is 8.47. The fraction of sp³-hybridized carbons (Fsp3) is 0. The Morgan fingerprint density at radius 1 is 0.296 bits per heavy atom. The Labute approximate surface area is 312 Å². The summed E-state index contributed by atoms with van der Waals surface area (Å²) in [6.07, 6.45) is 1.84. The lowest BCUT2D eigenvalue weighted by molar-refractivity contribution is 1.37. The molecule has 54 heavy (non-hydrogen) atoms. The molecule has 250 valence electrons. The van der Waals surface area contributed by atoms with Crippen LogP contribution in [0.2, 0.25) is 0 Å². The SMILES string of the molecule is c1ccc2cc(-c3c4ccccc4c(-c4cccc5ccccc45)c4ccc(-c5ccc(-c6ccc7ccc8cccnc8c7n6)cc5)cc34)ccc2c1. The molecule has 0 saturated carbocycles. The quantitative estimate of drug-likeness (QED) is 0.136. The smallest absolute Gasteiger partial charge is 0.0972 e. The molecule has 0 aliphatic carbocycles. The third kappa shape index (κ3) is 4.88. The van der Waals surface area contributed by atoms with Gasteiger partial charge in [-0.1, -0.05) is 164 Å². The van der Waals surface area contributed by atoms with Gasteiger partial charge in [-0.2, -0.15) is 0 Å². The van der Waals surface area contributed by atoms with Crippen LogP contribution in [0.3, 0.4) is 0 Å². The summed E-state index contributed by atoms with van der Waals surface area (Å²) in [5.41, 5.74) is 11.2. The minimum Gasteiger partial charge on any atom is -0.254 e. The minimum absolute atomic E-state index is 0.930. The molecule has 9 aromatic carbocycles. The molecule has 0 atom stereocenters. The number of fused-ring (bicyclic) bond motifs is 7. The van der Waals surface area contributed by atoms with Gasteiger partial charge in [0.15, 0.2) is 0 Å². The zero-order valence-electron chi connectivity index (χ0n) is 29.4. The number of rotatable bonds is 4. The second-order valence-electron chi connectivity index (χ2n) is 14.1. The molecule has 2 heteroatoms. The molecule has 0 bridgehead atoms. The van der Waals surface area contributed by atoms with Crippen LogP contribution in [0.5, 0.6) is 0 Å². The highest BCUT2D eigenvalue weighted by atomic mass is 14.7. The van der Waals surface area contributed by atoms with Gasteiger partial charge in [-0.25, -0.2) is 4.98 Å². The summed E-state index contributed by atoms with van der Waals surface area (Å²) in [4.78, 5) is 9.77. The van der Waals surface area contributed by atoms with Crippen LogP contribution in [0.4, 0.5) is 0 Å². The van der Waals surface area contributed by atoms with E-state index in [4.69, 9.17) is 4.98 Å². The van der Waals surface area contributed by atoms with E-state index >= 15 is 0 Å². The number of pyridine rings is 2. The Morgan fingerprint density at radius 2 is 0.889 bits per heavy atom. The third-order valence-electron chi connectivity index (χ3n) is 11.1. The molecule has 0 aliphatic heterocycles. The Hall–Kier alpha value is -7.16. The number of aromatic nitrogens is 2. The Bertz CT molecular complexity index is 3260. The van der Waals surface area contributed by atoms with Crippen LogP contribution in [-0.4, -0.2) is 9.97 Å². The average Bonchev–Trinajstić information content (AvgIpc) is 3.25. The van der Waals surface area contributed by atoms with Crippen LogP contribution in [-0.2, 0) is 0 Å². The van der Waals surface area contributed by atoms with Crippen molar-refractivity contribution in [3.05, 3.63) is 194 Å². The normalized spacial score (nSPS) is 11.7. The highest BCUT2D eigenvalue weighted by Crippen LogP contribution is 2.46. The molecule has 0 radical (unpaired) electrons. The molecule has 0 fully saturated rings. The molecular formula is C52H32N2. The van der Waals surface area contributed by atoms with Gasteiger partial charge in [0, 0.05) is 22.5 Å². The molecule has 2 nitrogen and oxygen atoms in total. The molecule has 0 saturated heterocycles. The summed E-state index contributed by atoms with van der Waals surface area (Å²) in [6, 6.07) is 68.3. The van der Waals surface area contributed by atoms with Crippen LogP contribution in [0.1, 0.15) is 0 Å². The monoisotopic (exact) mass is 684 g/mol. The van der Waals surface area contributed by atoms with Crippen molar-refractivity contribution in [3.63, 3.8) is 0 Å². The fourth-order valence-electron chi connectivity index (χ4n) is 8.47. The maximum Gasteiger partial charge on any atom is 0.0972 e. The maximum absolute atomic E-state index is 5.11. The first-order valence-electron chi connectivity index (χ1n) is 18.5. The Kier molecular flexibility index (Phi) is 6.90. The van der Waals surface area contributed by atoms with E-state index in [1.54, 1.807) is 0 Å². The van der Waals surface area contributed by atoms with Crippen molar-refractivity contribution in [1.82, 2.24) is 9.97 Å². The topological polar surface area (TPSA) is 25.8 Å². The molecule has 11 rings (SSSR count). The number of hydrogen-bond acceptors (Lipinski definition) is 2. The summed E-state index contributed by atoms with van der Waals surface area (Å²) in [6.45, 7) is 0. The lowest BCUT2D eigenvalue weighted by Crippen LogP contribution is -1.93. The predicted molar refractivity (Wildman–Crippen MR) is 229 cm³/mol. The van der Waals surface area contributed by atoms with Gasteiger partial charge in [0.05, 0.1) is 16.7 Å². The van der Waals surface area contributed by atoms with Gasteiger partial charge in [0.2, 0.25) is 0 Å². The van der Waals surface area contributed by atoms with E-state index in [0.29, 0.717) is 0 Å². The first-order valence-corrected chi connectivity index (χ1v) is 18.5. The summed E-state index contributed by atoms with van der Waals surface area (Å²) in [5, 5.41) is 12.2. The zero-order chi connectivity index (χ0) is 35.6.